The highest BCUT2D eigenvalue weighted by atomic mass is 32.1. The first-order chi connectivity index (χ1) is 7.16. The van der Waals surface area contributed by atoms with Gasteiger partial charge in [0.2, 0.25) is 0 Å². The van der Waals surface area contributed by atoms with Gasteiger partial charge in [0, 0.05) is 24.3 Å². The summed E-state index contributed by atoms with van der Waals surface area (Å²) in [5.41, 5.74) is 3.53. The first-order valence-electron chi connectivity index (χ1n) is 4.82. The lowest BCUT2D eigenvalue weighted by Crippen LogP contribution is -2.00. The van der Waals surface area contributed by atoms with Gasteiger partial charge in [-0.15, -0.1) is 0 Å². The lowest BCUT2D eigenvalue weighted by atomic mass is 10.1. The monoisotopic (exact) mass is 219 g/mol. The van der Waals surface area contributed by atoms with Crippen molar-refractivity contribution in [2.24, 2.45) is 0 Å². The van der Waals surface area contributed by atoms with E-state index in [1.165, 1.54) is 11.1 Å². The molecule has 78 valence electrons. The lowest BCUT2D eigenvalue weighted by Gasteiger charge is -2.05. The maximum absolute atomic E-state index is 5.20. The molecule has 0 saturated heterocycles. The van der Waals surface area contributed by atoms with Crippen LogP contribution in [0, 0.1) is 18.6 Å². The number of rotatable bonds is 2. The predicted octanol–water partition coefficient (Wildman–Crippen LogP) is 2.61. The van der Waals surface area contributed by atoms with Gasteiger partial charge in [0.25, 0.3) is 0 Å². The third-order valence-electron chi connectivity index (χ3n) is 2.40. The van der Waals surface area contributed by atoms with Crippen molar-refractivity contribution in [1.82, 2.24) is 14.5 Å². The van der Waals surface area contributed by atoms with Crippen LogP contribution in [0.3, 0.4) is 0 Å². The van der Waals surface area contributed by atoms with Crippen LogP contribution in [0.5, 0.6) is 0 Å². The SMILES string of the molecule is Cc1cn(Cc2cnccc2C)c(=S)[nH]1. The molecule has 3 nitrogen and oxygen atoms in total. The molecule has 1 N–H and O–H groups in total. The van der Waals surface area contributed by atoms with Gasteiger partial charge in [0.05, 0.1) is 6.54 Å². The van der Waals surface area contributed by atoms with Crippen molar-refractivity contribution in [2.45, 2.75) is 20.4 Å². The fourth-order valence-electron chi connectivity index (χ4n) is 1.53. The molecule has 2 rings (SSSR count). The number of pyridine rings is 1. The summed E-state index contributed by atoms with van der Waals surface area (Å²) < 4.78 is 2.78. The van der Waals surface area contributed by atoms with Gasteiger partial charge in [-0.25, -0.2) is 0 Å². The smallest absolute Gasteiger partial charge is 0.177 e. The Hall–Kier alpha value is -1.42. The topological polar surface area (TPSA) is 33.6 Å². The summed E-state index contributed by atoms with van der Waals surface area (Å²) in [6, 6.07) is 2.01. The number of hydrogen-bond donors (Lipinski definition) is 1. The summed E-state index contributed by atoms with van der Waals surface area (Å²) in [7, 11) is 0. The fourth-order valence-corrected chi connectivity index (χ4v) is 1.81. The van der Waals surface area contributed by atoms with Gasteiger partial charge in [-0.05, 0) is 43.3 Å². The number of aryl methyl sites for hydroxylation is 2. The Bertz CT molecular complexity index is 525. The molecule has 2 aromatic heterocycles. The van der Waals surface area contributed by atoms with E-state index in [1.54, 1.807) is 6.20 Å². The Balaban J connectivity index is 2.34. The number of aromatic nitrogens is 3. The fraction of sp³-hybridized carbons (Fsp3) is 0.273. The van der Waals surface area contributed by atoms with Gasteiger partial charge in [-0.3, -0.25) is 4.98 Å². The number of hydrogen-bond acceptors (Lipinski definition) is 2. The van der Waals surface area contributed by atoms with Gasteiger partial charge >= 0.3 is 0 Å². The van der Waals surface area contributed by atoms with Gasteiger partial charge in [0.15, 0.2) is 4.77 Å². The molecule has 0 radical (unpaired) electrons. The Kier molecular flexibility index (Phi) is 2.68. The molecule has 0 aliphatic heterocycles. The maximum atomic E-state index is 5.20. The third-order valence-corrected chi connectivity index (χ3v) is 2.74. The van der Waals surface area contributed by atoms with E-state index in [4.69, 9.17) is 12.2 Å². The number of aromatic amines is 1. The van der Waals surface area contributed by atoms with Gasteiger partial charge in [0.1, 0.15) is 0 Å². The quantitative estimate of drug-likeness (QED) is 0.788. The molecule has 0 spiro atoms. The zero-order valence-corrected chi connectivity index (χ0v) is 9.64. The van der Waals surface area contributed by atoms with Gasteiger partial charge < -0.3 is 9.55 Å². The van der Waals surface area contributed by atoms with Crippen molar-refractivity contribution in [3.63, 3.8) is 0 Å². The van der Waals surface area contributed by atoms with Crippen LogP contribution in [0.1, 0.15) is 16.8 Å². The minimum atomic E-state index is 0.760. The first-order valence-corrected chi connectivity index (χ1v) is 5.23. The molecule has 0 atom stereocenters. The predicted molar refractivity (Wildman–Crippen MR) is 62.4 cm³/mol. The van der Waals surface area contributed by atoms with E-state index in [0.717, 1.165) is 17.0 Å². The van der Waals surface area contributed by atoms with Crippen LogP contribution >= 0.6 is 12.2 Å². The maximum Gasteiger partial charge on any atom is 0.177 e. The number of imidazole rings is 1. The van der Waals surface area contributed by atoms with Gasteiger partial charge in [-0.2, -0.15) is 0 Å². The molecule has 0 bridgehead atoms. The molecule has 2 heterocycles. The molecule has 2 aromatic rings. The van der Waals surface area contributed by atoms with E-state index in [-0.39, 0.29) is 0 Å². The minimum Gasteiger partial charge on any atom is -0.335 e. The number of H-pyrrole nitrogens is 1. The summed E-state index contributed by atoms with van der Waals surface area (Å²) in [5, 5.41) is 0. The average molecular weight is 219 g/mol. The normalized spacial score (nSPS) is 10.5. The summed E-state index contributed by atoms with van der Waals surface area (Å²) in [4.78, 5) is 7.23. The summed E-state index contributed by atoms with van der Waals surface area (Å²) >= 11 is 5.20. The average Bonchev–Trinajstić information content (AvgIpc) is 2.49. The minimum absolute atomic E-state index is 0.760. The number of nitrogens with one attached hydrogen (secondary N) is 1. The Labute approximate surface area is 93.8 Å². The van der Waals surface area contributed by atoms with E-state index in [9.17, 15) is 0 Å². The van der Waals surface area contributed by atoms with Crippen LogP contribution in [0.2, 0.25) is 0 Å². The van der Waals surface area contributed by atoms with E-state index in [2.05, 4.69) is 16.9 Å². The molecular formula is C11H13N3S. The van der Waals surface area contributed by atoms with Crippen molar-refractivity contribution in [1.29, 1.82) is 0 Å². The second-order valence-electron chi connectivity index (χ2n) is 3.67. The van der Waals surface area contributed by atoms with Crippen LogP contribution in [0.4, 0.5) is 0 Å². The van der Waals surface area contributed by atoms with E-state index in [1.807, 2.05) is 30.0 Å². The molecule has 0 aliphatic rings. The molecule has 0 aromatic carbocycles. The third kappa shape index (κ3) is 2.15. The highest BCUT2D eigenvalue weighted by Gasteiger charge is 2.01. The number of nitrogens with zero attached hydrogens (tertiary/aromatic N) is 2. The van der Waals surface area contributed by atoms with Crippen LogP contribution in [0.15, 0.2) is 24.7 Å². The second kappa shape index (κ2) is 3.98. The molecule has 15 heavy (non-hydrogen) atoms. The molecule has 0 saturated carbocycles. The molecular weight excluding hydrogens is 206 g/mol. The zero-order chi connectivity index (χ0) is 10.8. The first kappa shape index (κ1) is 10.1. The zero-order valence-electron chi connectivity index (χ0n) is 8.82. The Morgan fingerprint density at radius 3 is 2.87 bits per heavy atom. The standard InChI is InChI=1S/C11H13N3S/c1-8-3-4-12-5-10(8)7-14-6-9(2)13-11(14)15/h3-6H,7H2,1-2H3,(H,13,15). The van der Waals surface area contributed by atoms with E-state index < -0.39 is 0 Å². The molecule has 0 amide bonds. The van der Waals surface area contributed by atoms with E-state index >= 15 is 0 Å². The lowest BCUT2D eigenvalue weighted by molar-refractivity contribution is 0.775. The molecule has 0 unspecified atom stereocenters. The summed E-state index contributed by atoms with van der Waals surface area (Å²) in [5.74, 6) is 0. The van der Waals surface area contributed by atoms with Crippen molar-refractivity contribution in [3.05, 3.63) is 46.2 Å². The van der Waals surface area contributed by atoms with Crippen LogP contribution < -0.4 is 0 Å². The summed E-state index contributed by atoms with van der Waals surface area (Å²) in [6.07, 6.45) is 5.72. The Morgan fingerprint density at radius 1 is 1.47 bits per heavy atom. The summed E-state index contributed by atoms with van der Waals surface area (Å²) in [6.45, 7) is 4.87. The van der Waals surface area contributed by atoms with E-state index in [0.29, 0.717) is 0 Å². The highest BCUT2D eigenvalue weighted by Crippen LogP contribution is 2.08. The molecule has 4 heteroatoms. The van der Waals surface area contributed by atoms with Crippen molar-refractivity contribution in [3.8, 4) is 0 Å². The van der Waals surface area contributed by atoms with Crippen molar-refractivity contribution >= 4 is 12.2 Å². The molecule has 0 fully saturated rings. The van der Waals surface area contributed by atoms with Crippen LogP contribution in [-0.2, 0) is 6.54 Å². The largest absolute Gasteiger partial charge is 0.335 e. The second-order valence-corrected chi connectivity index (χ2v) is 4.06. The Morgan fingerprint density at radius 2 is 2.27 bits per heavy atom. The van der Waals surface area contributed by atoms with Crippen LogP contribution in [-0.4, -0.2) is 14.5 Å². The van der Waals surface area contributed by atoms with Gasteiger partial charge in [-0.1, -0.05) is 0 Å². The molecule has 0 aliphatic carbocycles. The van der Waals surface area contributed by atoms with Crippen molar-refractivity contribution in [2.75, 3.05) is 0 Å². The van der Waals surface area contributed by atoms with Crippen LogP contribution in [0.25, 0.3) is 0 Å². The van der Waals surface area contributed by atoms with Crippen molar-refractivity contribution < 1.29 is 0 Å². The highest BCUT2D eigenvalue weighted by molar-refractivity contribution is 7.71.